The molecule has 0 bridgehead atoms. The van der Waals surface area contributed by atoms with E-state index in [-0.39, 0.29) is 11.9 Å². The Balaban J connectivity index is 1.57. The number of piperazine rings is 1. The van der Waals surface area contributed by atoms with Crippen molar-refractivity contribution in [1.82, 2.24) is 19.4 Å². The van der Waals surface area contributed by atoms with E-state index in [0.29, 0.717) is 5.92 Å². The smallest absolute Gasteiger partial charge is 0.245 e. The van der Waals surface area contributed by atoms with Gasteiger partial charge in [0, 0.05) is 50.5 Å². The molecule has 5 nitrogen and oxygen atoms in total. The van der Waals surface area contributed by atoms with Crippen molar-refractivity contribution in [3.63, 3.8) is 0 Å². The molecule has 3 rings (SSSR count). The third-order valence-electron chi connectivity index (χ3n) is 5.71. The molecular formula is C19H32N4O. The van der Waals surface area contributed by atoms with Crippen LogP contribution in [0, 0.1) is 0 Å². The summed E-state index contributed by atoms with van der Waals surface area (Å²) in [5.41, 5.74) is 0. The van der Waals surface area contributed by atoms with Crippen LogP contribution in [0.2, 0.25) is 0 Å². The van der Waals surface area contributed by atoms with Crippen molar-refractivity contribution < 1.29 is 4.79 Å². The Morgan fingerprint density at radius 3 is 2.38 bits per heavy atom. The Hall–Kier alpha value is -1.36. The third kappa shape index (κ3) is 3.66. The molecule has 2 heterocycles. The number of carbonyl (C=O) groups excluding carboxylic acids is 1. The maximum atomic E-state index is 12.9. The summed E-state index contributed by atoms with van der Waals surface area (Å²) < 4.78 is 2.04. The molecule has 1 aliphatic carbocycles. The molecular weight excluding hydrogens is 300 g/mol. The molecule has 5 heteroatoms. The van der Waals surface area contributed by atoms with Gasteiger partial charge in [0.25, 0.3) is 0 Å². The zero-order valence-electron chi connectivity index (χ0n) is 15.4. The molecule has 0 N–H and O–H groups in total. The van der Waals surface area contributed by atoms with Crippen molar-refractivity contribution in [2.45, 2.75) is 70.9 Å². The van der Waals surface area contributed by atoms with Crippen LogP contribution in [0.1, 0.15) is 70.7 Å². The van der Waals surface area contributed by atoms with Crippen molar-refractivity contribution >= 4 is 5.91 Å². The Morgan fingerprint density at radius 2 is 1.75 bits per heavy atom. The first-order valence-electron chi connectivity index (χ1n) is 9.63. The van der Waals surface area contributed by atoms with Gasteiger partial charge in [0.05, 0.1) is 0 Å². The van der Waals surface area contributed by atoms with E-state index in [0.717, 1.165) is 38.0 Å². The van der Waals surface area contributed by atoms with Crippen LogP contribution in [0.25, 0.3) is 0 Å². The van der Waals surface area contributed by atoms with E-state index < -0.39 is 0 Å². The van der Waals surface area contributed by atoms with E-state index in [1.165, 1.54) is 32.1 Å². The minimum Gasteiger partial charge on any atom is -0.338 e. The molecule has 0 radical (unpaired) electrons. The zero-order chi connectivity index (χ0) is 17.1. The SMILES string of the molecule is CC(C)c1nccn1[C@@H](C)C(=O)N1CCN(C2CCCCC2)CC1. The maximum Gasteiger partial charge on any atom is 0.245 e. The second-order valence-electron chi connectivity index (χ2n) is 7.68. The monoisotopic (exact) mass is 332 g/mol. The molecule has 24 heavy (non-hydrogen) atoms. The summed E-state index contributed by atoms with van der Waals surface area (Å²) in [5, 5.41) is 0. The molecule has 1 aromatic rings. The standard InChI is InChI=1S/C19H32N4O/c1-15(2)18-20-9-10-23(18)16(3)19(24)22-13-11-21(12-14-22)17-7-5-4-6-8-17/h9-10,15-17H,4-8,11-14H2,1-3H3/t16-/m0/s1. The van der Waals surface area contributed by atoms with Gasteiger partial charge in [-0.25, -0.2) is 4.98 Å². The lowest BCUT2D eigenvalue weighted by Crippen LogP contribution is -2.53. The molecule has 1 amide bonds. The molecule has 1 aliphatic heterocycles. The highest BCUT2D eigenvalue weighted by Crippen LogP contribution is 2.24. The number of nitrogens with zero attached hydrogens (tertiary/aromatic N) is 4. The Bertz CT molecular complexity index is 539. The predicted octanol–water partition coefficient (Wildman–Crippen LogP) is 3.04. The van der Waals surface area contributed by atoms with Crippen molar-refractivity contribution in [2.75, 3.05) is 26.2 Å². The maximum absolute atomic E-state index is 12.9. The van der Waals surface area contributed by atoms with Gasteiger partial charge in [0.1, 0.15) is 11.9 Å². The van der Waals surface area contributed by atoms with Gasteiger partial charge in [-0.3, -0.25) is 9.69 Å². The topological polar surface area (TPSA) is 41.4 Å². The number of imidazole rings is 1. The molecule has 0 unspecified atom stereocenters. The number of amides is 1. The van der Waals surface area contributed by atoms with Gasteiger partial charge in [-0.2, -0.15) is 0 Å². The number of aromatic nitrogens is 2. The highest BCUT2D eigenvalue weighted by Gasteiger charge is 2.30. The van der Waals surface area contributed by atoms with Gasteiger partial charge >= 0.3 is 0 Å². The van der Waals surface area contributed by atoms with Gasteiger partial charge in [0.15, 0.2) is 0 Å². The van der Waals surface area contributed by atoms with Gasteiger partial charge in [0.2, 0.25) is 5.91 Å². The van der Waals surface area contributed by atoms with E-state index in [1.807, 2.05) is 22.6 Å². The molecule has 0 spiro atoms. The van der Waals surface area contributed by atoms with E-state index in [1.54, 1.807) is 6.20 Å². The molecule has 2 aliphatic rings. The summed E-state index contributed by atoms with van der Waals surface area (Å²) in [4.78, 5) is 22.0. The second-order valence-corrected chi connectivity index (χ2v) is 7.68. The van der Waals surface area contributed by atoms with Gasteiger partial charge in [-0.05, 0) is 19.8 Å². The van der Waals surface area contributed by atoms with E-state index >= 15 is 0 Å². The summed E-state index contributed by atoms with van der Waals surface area (Å²) >= 11 is 0. The fourth-order valence-electron chi connectivity index (χ4n) is 4.24. The number of hydrogen-bond donors (Lipinski definition) is 0. The van der Waals surface area contributed by atoms with E-state index in [2.05, 4.69) is 23.7 Å². The van der Waals surface area contributed by atoms with E-state index in [4.69, 9.17) is 0 Å². The summed E-state index contributed by atoms with van der Waals surface area (Å²) in [5.74, 6) is 1.56. The second kappa shape index (κ2) is 7.68. The molecule has 2 fully saturated rings. The minimum absolute atomic E-state index is 0.161. The average molecular weight is 332 g/mol. The largest absolute Gasteiger partial charge is 0.338 e. The van der Waals surface area contributed by atoms with Crippen LogP contribution >= 0.6 is 0 Å². The van der Waals surface area contributed by atoms with Gasteiger partial charge in [-0.1, -0.05) is 33.1 Å². The van der Waals surface area contributed by atoms with Crippen LogP contribution < -0.4 is 0 Å². The fourth-order valence-corrected chi connectivity index (χ4v) is 4.24. The summed E-state index contributed by atoms with van der Waals surface area (Å²) in [7, 11) is 0. The first kappa shape index (κ1) is 17.5. The quantitative estimate of drug-likeness (QED) is 0.851. The van der Waals surface area contributed by atoms with E-state index in [9.17, 15) is 4.79 Å². The summed E-state index contributed by atoms with van der Waals surface area (Å²) in [6, 6.07) is 0.598. The van der Waals surface area contributed by atoms with Crippen LogP contribution in [0.3, 0.4) is 0 Å². The van der Waals surface area contributed by atoms with Crippen molar-refractivity contribution in [1.29, 1.82) is 0 Å². The zero-order valence-corrected chi connectivity index (χ0v) is 15.4. The molecule has 0 aromatic carbocycles. The molecule has 1 aromatic heterocycles. The Kier molecular flexibility index (Phi) is 5.59. The first-order valence-corrected chi connectivity index (χ1v) is 9.63. The number of carbonyl (C=O) groups is 1. The molecule has 1 saturated heterocycles. The van der Waals surface area contributed by atoms with Crippen LogP contribution in [0.15, 0.2) is 12.4 Å². The molecule has 1 atom stereocenters. The molecule has 1 saturated carbocycles. The highest BCUT2D eigenvalue weighted by molar-refractivity contribution is 5.80. The van der Waals surface area contributed by atoms with Crippen molar-refractivity contribution in [3.8, 4) is 0 Å². The third-order valence-corrected chi connectivity index (χ3v) is 5.71. The number of hydrogen-bond acceptors (Lipinski definition) is 3. The lowest BCUT2D eigenvalue weighted by Gasteiger charge is -2.41. The normalized spacial score (nSPS) is 22.1. The first-order chi connectivity index (χ1) is 11.6. The van der Waals surface area contributed by atoms with Crippen LogP contribution in [-0.4, -0.2) is 57.5 Å². The van der Waals surface area contributed by atoms with Crippen LogP contribution in [0.4, 0.5) is 0 Å². The van der Waals surface area contributed by atoms with Crippen molar-refractivity contribution in [3.05, 3.63) is 18.2 Å². The Morgan fingerprint density at radius 1 is 1.08 bits per heavy atom. The van der Waals surface area contributed by atoms with Crippen molar-refractivity contribution in [2.24, 2.45) is 0 Å². The highest BCUT2D eigenvalue weighted by atomic mass is 16.2. The summed E-state index contributed by atoms with van der Waals surface area (Å²) in [6.07, 6.45) is 10.6. The van der Waals surface area contributed by atoms with Crippen LogP contribution in [0.5, 0.6) is 0 Å². The van der Waals surface area contributed by atoms with Crippen LogP contribution in [-0.2, 0) is 4.79 Å². The van der Waals surface area contributed by atoms with Gasteiger partial charge in [-0.15, -0.1) is 0 Å². The number of rotatable bonds is 4. The lowest BCUT2D eigenvalue weighted by molar-refractivity contribution is -0.136. The average Bonchev–Trinajstić information content (AvgIpc) is 3.11. The lowest BCUT2D eigenvalue weighted by atomic mass is 9.94. The fraction of sp³-hybridized carbons (Fsp3) is 0.789. The summed E-state index contributed by atoms with van der Waals surface area (Å²) in [6.45, 7) is 10.0. The minimum atomic E-state index is -0.161. The molecule has 134 valence electrons. The predicted molar refractivity (Wildman–Crippen MR) is 96.1 cm³/mol. The van der Waals surface area contributed by atoms with Gasteiger partial charge < -0.3 is 9.47 Å². The Labute approximate surface area is 146 Å².